The second kappa shape index (κ2) is 16.1. The molecule has 6 heteroatoms. The van der Waals surface area contributed by atoms with Gasteiger partial charge in [0, 0.05) is 26.5 Å². The number of nitrogens with zero attached hydrogens (tertiary/aromatic N) is 2. The minimum absolute atomic E-state index is 0.0606. The second-order valence-electron chi connectivity index (χ2n) is 11.1. The maximum atomic E-state index is 13.4. The zero-order valence-electron chi connectivity index (χ0n) is 26.7. The number of fused-ring (bicyclic) bond motifs is 1. The van der Waals surface area contributed by atoms with E-state index in [1.165, 1.54) is 0 Å². The van der Waals surface area contributed by atoms with Crippen LogP contribution in [0.5, 0.6) is 0 Å². The first-order valence-corrected chi connectivity index (χ1v) is 17.6. The van der Waals surface area contributed by atoms with Crippen molar-refractivity contribution in [3.05, 3.63) is 201 Å². The van der Waals surface area contributed by atoms with Crippen molar-refractivity contribution in [2.24, 2.45) is 0 Å². The van der Waals surface area contributed by atoms with Crippen LogP contribution in [0.3, 0.4) is 0 Å². The third-order valence-corrected chi connectivity index (χ3v) is 9.32. The average Bonchev–Trinajstić information content (AvgIpc) is 3.75. The molecule has 0 unspecified atom stereocenters. The molecule has 0 saturated carbocycles. The van der Waals surface area contributed by atoms with E-state index in [0.29, 0.717) is 22.3 Å². The molecule has 0 amide bonds. The third-order valence-electron chi connectivity index (χ3n) is 8.24. The number of thiophene rings is 1. The highest BCUT2D eigenvalue weighted by atomic mass is 35.5. The molecule has 1 heterocycles. The Kier molecular flexibility index (Phi) is 11.0. The largest absolute Gasteiger partial charge is 0.289 e. The van der Waals surface area contributed by atoms with Gasteiger partial charge in [-0.1, -0.05) is 140 Å². The Hall–Kier alpha value is -5.75. The van der Waals surface area contributed by atoms with Gasteiger partial charge in [0.05, 0.1) is 5.34 Å². The van der Waals surface area contributed by atoms with Crippen LogP contribution in [-0.2, 0) is 0 Å². The van der Waals surface area contributed by atoms with Crippen LogP contribution < -0.4 is 0 Å². The van der Waals surface area contributed by atoms with Crippen molar-refractivity contribution in [3.8, 4) is 22.6 Å². The Balaban J connectivity index is 0.00000139. The number of rotatable bonds is 6. The molecule has 0 aliphatic heterocycles. The Bertz CT molecular complexity index is 2270. The van der Waals surface area contributed by atoms with Gasteiger partial charge in [0.1, 0.15) is 17.7 Å². The number of allylic oxidation sites excluding steroid dienone is 3. The van der Waals surface area contributed by atoms with Crippen molar-refractivity contribution in [2.75, 3.05) is 5.34 Å². The number of carbonyl (C=O) groups is 1. The van der Waals surface area contributed by atoms with Crippen molar-refractivity contribution in [1.29, 1.82) is 10.5 Å². The molecule has 7 rings (SSSR count). The van der Waals surface area contributed by atoms with E-state index in [1.807, 2.05) is 48.5 Å². The van der Waals surface area contributed by atoms with Crippen molar-refractivity contribution >= 4 is 63.1 Å². The third kappa shape index (κ3) is 7.15. The molecule has 50 heavy (non-hydrogen) atoms. The van der Waals surface area contributed by atoms with Gasteiger partial charge < -0.3 is 0 Å². The smallest absolute Gasteiger partial charge is 0.194 e. The summed E-state index contributed by atoms with van der Waals surface area (Å²) in [5.74, 6) is -0.175. The van der Waals surface area contributed by atoms with Crippen LogP contribution >= 0.6 is 34.5 Å². The van der Waals surface area contributed by atoms with E-state index in [9.17, 15) is 15.3 Å². The predicted octanol–water partition coefficient (Wildman–Crippen LogP) is 11.9. The number of hydrogen-bond acceptors (Lipinski definition) is 4. The molecule has 0 spiro atoms. The molecule has 6 aromatic rings. The molecule has 1 aliphatic carbocycles. The molecule has 0 atom stereocenters. The number of halogens is 2. The van der Waals surface area contributed by atoms with E-state index in [4.69, 9.17) is 23.2 Å². The number of carbonyl (C=O) groups excluding carboxylic acids is 1. The molecular weight excluding hydrogens is 675 g/mol. The fourth-order valence-corrected chi connectivity index (χ4v) is 7.06. The Morgan fingerprint density at radius 2 is 1.02 bits per heavy atom. The first kappa shape index (κ1) is 34.1. The van der Waals surface area contributed by atoms with Gasteiger partial charge in [0.2, 0.25) is 0 Å². The lowest BCUT2D eigenvalue weighted by atomic mass is 9.85. The summed E-state index contributed by atoms with van der Waals surface area (Å²) in [4.78, 5) is 15.3. The maximum Gasteiger partial charge on any atom is 0.194 e. The molecular formula is C44H28Cl2N2OS. The molecule has 1 aromatic heterocycles. The summed E-state index contributed by atoms with van der Waals surface area (Å²) in [5.41, 5.74) is 9.75. The average molecular weight is 704 g/mol. The van der Waals surface area contributed by atoms with Gasteiger partial charge >= 0.3 is 0 Å². The van der Waals surface area contributed by atoms with Gasteiger partial charge in [-0.2, -0.15) is 10.5 Å². The monoisotopic (exact) mass is 702 g/mol. The molecule has 3 nitrogen and oxygen atoms in total. The van der Waals surface area contributed by atoms with Crippen LogP contribution in [0, 0.1) is 22.7 Å². The van der Waals surface area contributed by atoms with Crippen LogP contribution in [0.25, 0.3) is 33.2 Å². The highest BCUT2D eigenvalue weighted by Crippen LogP contribution is 2.42. The lowest BCUT2D eigenvalue weighted by Gasteiger charge is -2.18. The van der Waals surface area contributed by atoms with Crippen LogP contribution in [0.4, 0.5) is 0 Å². The molecule has 0 saturated heterocycles. The molecule has 5 aromatic carbocycles. The van der Waals surface area contributed by atoms with Crippen LogP contribution in [-0.4, -0.2) is 11.1 Å². The fraction of sp³-hybridized carbons (Fsp3) is 0.0227. The Morgan fingerprint density at radius 3 is 1.50 bits per heavy atom. The standard InChI is InChI=1S/C43H26N2OS.CH2Cl2/c44-27-34(28-45)42-36-18-10-11-19-37(36)43(46)38(42)26-35-24-25-39(47-35)29-20-22-33(23-21-29)41(32-16-8-3-9-17-32)40(30-12-4-1-5-13-30)31-14-6-2-7-15-31;2-1-3/h1-26H;1H2/b38-26-;. The number of alkyl halides is 2. The summed E-state index contributed by atoms with van der Waals surface area (Å²) in [6, 6.07) is 55.3. The summed E-state index contributed by atoms with van der Waals surface area (Å²) in [5, 5.41) is 19.5. The van der Waals surface area contributed by atoms with Gasteiger partial charge in [0.15, 0.2) is 5.78 Å². The molecule has 0 radical (unpaired) electrons. The van der Waals surface area contributed by atoms with Crippen molar-refractivity contribution in [3.63, 3.8) is 0 Å². The minimum Gasteiger partial charge on any atom is -0.289 e. The van der Waals surface area contributed by atoms with Crippen LogP contribution in [0.1, 0.15) is 43.1 Å². The van der Waals surface area contributed by atoms with Gasteiger partial charge in [-0.05, 0) is 62.7 Å². The number of benzene rings is 5. The Labute approximate surface area is 305 Å². The second-order valence-corrected chi connectivity index (χ2v) is 13.1. The van der Waals surface area contributed by atoms with Crippen LogP contribution in [0.15, 0.2) is 163 Å². The van der Waals surface area contributed by atoms with E-state index < -0.39 is 0 Å². The van der Waals surface area contributed by atoms with E-state index >= 15 is 0 Å². The molecule has 0 N–H and O–H groups in total. The van der Waals surface area contributed by atoms with E-state index in [1.54, 1.807) is 35.6 Å². The first-order chi connectivity index (χ1) is 24.6. The van der Waals surface area contributed by atoms with E-state index in [-0.39, 0.29) is 16.7 Å². The lowest BCUT2D eigenvalue weighted by molar-refractivity contribution is 0.104. The van der Waals surface area contributed by atoms with Crippen molar-refractivity contribution < 1.29 is 4.79 Å². The van der Waals surface area contributed by atoms with Gasteiger partial charge in [-0.25, -0.2) is 0 Å². The highest BCUT2D eigenvalue weighted by molar-refractivity contribution is 7.16. The van der Waals surface area contributed by atoms with Gasteiger partial charge in [-0.15, -0.1) is 34.5 Å². The summed E-state index contributed by atoms with van der Waals surface area (Å²) >= 11 is 11.1. The first-order valence-electron chi connectivity index (χ1n) is 15.7. The summed E-state index contributed by atoms with van der Waals surface area (Å²) in [6.45, 7) is 0. The summed E-state index contributed by atoms with van der Waals surface area (Å²) in [7, 11) is 0. The van der Waals surface area contributed by atoms with E-state index in [2.05, 4.69) is 97.1 Å². The van der Waals surface area contributed by atoms with Gasteiger partial charge in [0.25, 0.3) is 0 Å². The fourth-order valence-electron chi connectivity index (χ4n) is 6.10. The molecule has 0 bridgehead atoms. The number of Topliss-reactive ketones (excluding diaryl/α,β-unsaturated/α-hetero) is 1. The zero-order valence-corrected chi connectivity index (χ0v) is 29.0. The number of nitriles is 2. The molecule has 0 fully saturated rings. The molecule has 240 valence electrons. The highest BCUT2D eigenvalue weighted by Gasteiger charge is 2.32. The number of hydrogen-bond donors (Lipinski definition) is 0. The quantitative estimate of drug-likeness (QED) is 0.0751. The van der Waals surface area contributed by atoms with E-state index in [0.717, 1.165) is 48.7 Å². The topological polar surface area (TPSA) is 64.7 Å². The normalized spacial score (nSPS) is 12.3. The van der Waals surface area contributed by atoms with Crippen molar-refractivity contribution in [1.82, 2.24) is 0 Å². The minimum atomic E-state index is -0.175. The van der Waals surface area contributed by atoms with Crippen LogP contribution in [0.2, 0.25) is 0 Å². The van der Waals surface area contributed by atoms with Crippen molar-refractivity contribution in [2.45, 2.75) is 0 Å². The summed E-state index contributed by atoms with van der Waals surface area (Å²) < 4.78 is 0. The lowest BCUT2D eigenvalue weighted by Crippen LogP contribution is -1.97. The zero-order chi connectivity index (χ0) is 34.9. The SMILES string of the molecule is ClCCl.N#CC(C#N)=C1/C(=C/c2ccc(-c3ccc(C(=C(c4ccccc4)c4ccccc4)c4ccccc4)cc3)s2)C(=O)c2ccccc21. The number of ketones is 1. The predicted molar refractivity (Wildman–Crippen MR) is 208 cm³/mol. The maximum absolute atomic E-state index is 13.4. The molecule has 1 aliphatic rings. The van der Waals surface area contributed by atoms with Gasteiger partial charge in [-0.3, -0.25) is 4.79 Å². The Morgan fingerprint density at radius 1 is 0.580 bits per heavy atom. The summed E-state index contributed by atoms with van der Waals surface area (Å²) in [6.07, 6.45) is 1.80.